The van der Waals surface area contributed by atoms with Crippen LogP contribution in [0.2, 0.25) is 0 Å². The molecule has 2 aromatic rings. The van der Waals surface area contributed by atoms with Crippen molar-refractivity contribution >= 4 is 23.5 Å². The van der Waals surface area contributed by atoms with E-state index in [0.717, 1.165) is 22.2 Å². The molecule has 0 atom stereocenters. The van der Waals surface area contributed by atoms with E-state index in [1.165, 1.54) is 0 Å². The predicted molar refractivity (Wildman–Crippen MR) is 62.3 cm³/mol. The molecule has 0 spiro atoms. The lowest BCUT2D eigenvalue weighted by Crippen LogP contribution is -1.83. The first-order chi connectivity index (χ1) is 6.79. The van der Waals surface area contributed by atoms with Gasteiger partial charge in [-0.3, -0.25) is 4.98 Å². The fraction of sp³-hybridized carbons (Fsp3) is 0.0833. The van der Waals surface area contributed by atoms with E-state index in [0.29, 0.717) is 0 Å². The van der Waals surface area contributed by atoms with Crippen LogP contribution in [0, 0.1) is 18.1 Å². The number of nitrogens with zero attached hydrogens (tertiary/aromatic N) is 1. The first-order valence-electron chi connectivity index (χ1n) is 4.32. The molecule has 0 radical (unpaired) electrons. The van der Waals surface area contributed by atoms with Gasteiger partial charge in [-0.1, -0.05) is 24.6 Å². The van der Waals surface area contributed by atoms with Crippen molar-refractivity contribution in [2.45, 2.75) is 6.92 Å². The van der Waals surface area contributed by atoms with Gasteiger partial charge in [-0.2, -0.15) is 0 Å². The van der Waals surface area contributed by atoms with Gasteiger partial charge in [0.25, 0.3) is 0 Å². The van der Waals surface area contributed by atoms with Crippen LogP contribution in [0.1, 0.15) is 11.3 Å². The Morgan fingerprint density at radius 2 is 2.07 bits per heavy atom. The van der Waals surface area contributed by atoms with Crippen LogP contribution in [0.25, 0.3) is 10.9 Å². The van der Waals surface area contributed by atoms with Gasteiger partial charge in [-0.25, -0.2) is 0 Å². The monoisotopic (exact) mass is 199 g/mol. The summed E-state index contributed by atoms with van der Waals surface area (Å²) < 4.78 is 0. The van der Waals surface area contributed by atoms with E-state index in [2.05, 4.69) is 34.9 Å². The summed E-state index contributed by atoms with van der Waals surface area (Å²) in [6.45, 7) is 1.99. The molecule has 1 nitrogen and oxygen atoms in total. The maximum absolute atomic E-state index is 4.41. The highest BCUT2D eigenvalue weighted by atomic mass is 32.1. The lowest BCUT2D eigenvalue weighted by molar-refractivity contribution is 1.25. The normalized spacial score (nSPS) is 9.57. The summed E-state index contributed by atoms with van der Waals surface area (Å²) in [7, 11) is 0. The third-order valence-electron chi connectivity index (χ3n) is 2.03. The number of rotatable bonds is 0. The SMILES string of the molecule is Cc1ccc2cc(C#CS)ccc2n1. The van der Waals surface area contributed by atoms with Crippen LogP contribution < -0.4 is 0 Å². The van der Waals surface area contributed by atoms with Gasteiger partial charge in [-0.05, 0) is 36.4 Å². The fourth-order valence-electron chi connectivity index (χ4n) is 1.37. The molecule has 0 fully saturated rings. The topological polar surface area (TPSA) is 12.9 Å². The first kappa shape index (κ1) is 9.11. The van der Waals surface area contributed by atoms with Gasteiger partial charge in [0, 0.05) is 16.6 Å². The maximum atomic E-state index is 4.41. The summed E-state index contributed by atoms with van der Waals surface area (Å²) >= 11 is 3.87. The van der Waals surface area contributed by atoms with Gasteiger partial charge in [0.2, 0.25) is 0 Å². The van der Waals surface area contributed by atoms with Crippen molar-refractivity contribution in [3.8, 4) is 11.2 Å². The van der Waals surface area contributed by atoms with E-state index in [1.54, 1.807) is 0 Å². The van der Waals surface area contributed by atoms with Crippen LogP contribution >= 0.6 is 12.6 Å². The molecule has 2 rings (SSSR count). The maximum Gasteiger partial charge on any atom is 0.0706 e. The van der Waals surface area contributed by atoms with E-state index < -0.39 is 0 Å². The molecule has 0 saturated carbocycles. The van der Waals surface area contributed by atoms with Gasteiger partial charge in [0.05, 0.1) is 5.52 Å². The van der Waals surface area contributed by atoms with E-state index in [1.807, 2.05) is 31.2 Å². The van der Waals surface area contributed by atoms with Crippen molar-refractivity contribution in [2.75, 3.05) is 0 Å². The third kappa shape index (κ3) is 1.73. The lowest BCUT2D eigenvalue weighted by atomic mass is 10.1. The molecule has 0 bridgehead atoms. The number of hydrogen-bond donors (Lipinski definition) is 1. The van der Waals surface area contributed by atoms with Gasteiger partial charge in [0.1, 0.15) is 0 Å². The van der Waals surface area contributed by atoms with Crippen LogP contribution in [0.5, 0.6) is 0 Å². The zero-order chi connectivity index (χ0) is 9.97. The smallest absolute Gasteiger partial charge is 0.0706 e. The Hall–Kier alpha value is -1.46. The van der Waals surface area contributed by atoms with Crippen molar-refractivity contribution in [3.05, 3.63) is 41.6 Å². The summed E-state index contributed by atoms with van der Waals surface area (Å²) in [6.07, 6.45) is 0. The van der Waals surface area contributed by atoms with Crippen LogP contribution in [-0.2, 0) is 0 Å². The highest BCUT2D eigenvalue weighted by molar-refractivity contribution is 7.85. The summed E-state index contributed by atoms with van der Waals surface area (Å²) in [5.41, 5.74) is 3.01. The highest BCUT2D eigenvalue weighted by Crippen LogP contribution is 2.14. The zero-order valence-electron chi connectivity index (χ0n) is 7.78. The Kier molecular flexibility index (Phi) is 2.43. The van der Waals surface area contributed by atoms with E-state index in [-0.39, 0.29) is 0 Å². The van der Waals surface area contributed by atoms with E-state index in [4.69, 9.17) is 0 Å². The lowest BCUT2D eigenvalue weighted by Gasteiger charge is -1.98. The molecule has 0 unspecified atom stereocenters. The summed E-state index contributed by atoms with van der Waals surface area (Å²) in [5.74, 6) is 2.90. The molecule has 14 heavy (non-hydrogen) atoms. The average Bonchev–Trinajstić information content (AvgIpc) is 2.19. The van der Waals surface area contributed by atoms with Gasteiger partial charge < -0.3 is 0 Å². The van der Waals surface area contributed by atoms with E-state index >= 15 is 0 Å². The Morgan fingerprint density at radius 3 is 2.86 bits per heavy atom. The van der Waals surface area contributed by atoms with Crippen molar-refractivity contribution in [3.63, 3.8) is 0 Å². The summed E-state index contributed by atoms with van der Waals surface area (Å²) in [5, 5.41) is 3.70. The van der Waals surface area contributed by atoms with Gasteiger partial charge in [-0.15, -0.1) is 0 Å². The number of fused-ring (bicyclic) bond motifs is 1. The number of thiol groups is 1. The highest BCUT2D eigenvalue weighted by Gasteiger charge is 1.95. The molecule has 1 aromatic carbocycles. The summed E-state index contributed by atoms with van der Waals surface area (Å²) in [4.78, 5) is 4.41. The van der Waals surface area contributed by atoms with Crippen molar-refractivity contribution < 1.29 is 0 Å². The molecule has 1 heterocycles. The quantitative estimate of drug-likeness (QED) is 0.508. The minimum atomic E-state index is 0.971. The van der Waals surface area contributed by atoms with Crippen molar-refractivity contribution in [1.82, 2.24) is 4.98 Å². The molecule has 68 valence electrons. The minimum absolute atomic E-state index is 0.971. The Morgan fingerprint density at radius 1 is 1.21 bits per heavy atom. The number of benzene rings is 1. The van der Waals surface area contributed by atoms with E-state index in [9.17, 15) is 0 Å². The van der Waals surface area contributed by atoms with Crippen molar-refractivity contribution in [1.29, 1.82) is 0 Å². The standard InChI is InChI=1S/C12H9NS/c1-9-2-4-11-8-10(6-7-14)3-5-12(11)13-9/h2-5,8,14H,1H3. The minimum Gasteiger partial charge on any atom is -0.253 e. The first-order valence-corrected chi connectivity index (χ1v) is 4.77. The Balaban J connectivity index is 2.65. The van der Waals surface area contributed by atoms with Crippen LogP contribution in [0.4, 0.5) is 0 Å². The molecule has 0 aliphatic rings. The predicted octanol–water partition coefficient (Wildman–Crippen LogP) is 2.78. The molecule has 0 N–H and O–H groups in total. The molecular weight excluding hydrogens is 190 g/mol. The third-order valence-corrected chi connectivity index (χ3v) is 2.14. The largest absolute Gasteiger partial charge is 0.253 e. The van der Waals surface area contributed by atoms with Crippen LogP contribution in [-0.4, -0.2) is 4.98 Å². The Labute approximate surface area is 88.6 Å². The van der Waals surface area contributed by atoms with Crippen LogP contribution in [0.15, 0.2) is 30.3 Å². The molecule has 0 amide bonds. The van der Waals surface area contributed by atoms with Gasteiger partial charge >= 0.3 is 0 Å². The number of hydrogen-bond acceptors (Lipinski definition) is 2. The molecule has 0 aliphatic carbocycles. The summed E-state index contributed by atoms with van der Waals surface area (Å²) in [6, 6.07) is 10.0. The number of pyridine rings is 1. The average molecular weight is 199 g/mol. The molecule has 1 aromatic heterocycles. The second-order valence-electron chi connectivity index (χ2n) is 3.10. The van der Waals surface area contributed by atoms with Gasteiger partial charge in [0.15, 0.2) is 0 Å². The zero-order valence-corrected chi connectivity index (χ0v) is 8.68. The molecular formula is C12H9NS. The molecule has 0 aliphatic heterocycles. The fourth-order valence-corrected chi connectivity index (χ4v) is 1.50. The second-order valence-corrected chi connectivity index (χ2v) is 3.32. The molecule has 0 saturated heterocycles. The molecule has 2 heteroatoms. The van der Waals surface area contributed by atoms with Crippen molar-refractivity contribution in [2.24, 2.45) is 0 Å². The number of aromatic nitrogens is 1. The van der Waals surface area contributed by atoms with Crippen LogP contribution in [0.3, 0.4) is 0 Å². The number of aryl methyl sites for hydroxylation is 1. The Bertz CT molecular complexity index is 535. The second kappa shape index (κ2) is 3.73.